The fraction of sp³-hybridized carbons (Fsp3) is 0.0952. The van der Waals surface area contributed by atoms with E-state index < -0.39 is 0 Å². The summed E-state index contributed by atoms with van der Waals surface area (Å²) in [6, 6.07) is 17.3. The smallest absolute Gasteiger partial charge is 0.291 e. The number of amides is 2. The molecule has 0 spiro atoms. The summed E-state index contributed by atoms with van der Waals surface area (Å²) in [5.74, 6) is 0.343. The molecule has 4 aromatic rings. The first kappa shape index (κ1) is 17.5. The predicted octanol–water partition coefficient (Wildman–Crippen LogP) is 3.90. The highest BCUT2D eigenvalue weighted by Gasteiger charge is 2.15. The third-order valence-electron chi connectivity index (χ3n) is 4.32. The second-order valence-electron chi connectivity index (χ2n) is 6.34. The highest BCUT2D eigenvalue weighted by atomic mass is 16.3. The van der Waals surface area contributed by atoms with Gasteiger partial charge in [0, 0.05) is 11.3 Å². The first-order valence-corrected chi connectivity index (χ1v) is 8.80. The van der Waals surface area contributed by atoms with Gasteiger partial charge in [0.25, 0.3) is 11.8 Å². The van der Waals surface area contributed by atoms with Crippen molar-refractivity contribution in [1.29, 1.82) is 0 Å². The van der Waals surface area contributed by atoms with Crippen LogP contribution in [0.2, 0.25) is 0 Å². The molecule has 0 saturated carbocycles. The largest absolute Gasteiger partial charge is 0.459 e. The number of hydrogen-bond donors (Lipinski definition) is 3. The Balaban J connectivity index is 1.41. The van der Waals surface area contributed by atoms with Crippen molar-refractivity contribution in [2.45, 2.75) is 13.0 Å². The van der Waals surface area contributed by atoms with Crippen molar-refractivity contribution in [2.75, 3.05) is 5.32 Å². The molecule has 1 atom stereocenters. The van der Waals surface area contributed by atoms with Gasteiger partial charge in [-0.1, -0.05) is 12.1 Å². The van der Waals surface area contributed by atoms with Crippen molar-refractivity contribution < 1.29 is 14.0 Å². The van der Waals surface area contributed by atoms with E-state index in [0.29, 0.717) is 17.1 Å². The second kappa shape index (κ2) is 7.40. The quantitative estimate of drug-likeness (QED) is 0.493. The molecule has 3 N–H and O–H groups in total. The molecule has 7 heteroatoms. The van der Waals surface area contributed by atoms with E-state index in [0.717, 1.165) is 11.0 Å². The number of hydrogen-bond acceptors (Lipinski definition) is 4. The van der Waals surface area contributed by atoms with E-state index in [1.807, 2.05) is 31.2 Å². The normalized spacial score (nSPS) is 11.9. The molecule has 0 bridgehead atoms. The van der Waals surface area contributed by atoms with Crippen LogP contribution in [0.15, 0.2) is 71.3 Å². The third kappa shape index (κ3) is 3.64. The molecule has 0 radical (unpaired) electrons. The monoisotopic (exact) mass is 374 g/mol. The van der Waals surface area contributed by atoms with Gasteiger partial charge in [-0.3, -0.25) is 9.59 Å². The molecule has 0 aliphatic heterocycles. The van der Waals surface area contributed by atoms with E-state index in [-0.39, 0.29) is 23.6 Å². The van der Waals surface area contributed by atoms with Gasteiger partial charge in [0.15, 0.2) is 5.76 Å². The van der Waals surface area contributed by atoms with Crippen LogP contribution in [0.3, 0.4) is 0 Å². The van der Waals surface area contributed by atoms with E-state index in [1.54, 1.807) is 36.4 Å². The Morgan fingerprint density at radius 3 is 2.50 bits per heavy atom. The highest BCUT2D eigenvalue weighted by Crippen LogP contribution is 2.17. The lowest BCUT2D eigenvalue weighted by atomic mass is 10.1. The molecule has 2 aromatic heterocycles. The molecule has 28 heavy (non-hydrogen) atoms. The van der Waals surface area contributed by atoms with E-state index in [1.165, 1.54) is 6.26 Å². The van der Waals surface area contributed by atoms with E-state index in [9.17, 15) is 9.59 Å². The third-order valence-corrected chi connectivity index (χ3v) is 4.32. The number of nitrogens with one attached hydrogen (secondary N) is 3. The van der Waals surface area contributed by atoms with Crippen LogP contribution >= 0.6 is 0 Å². The number of para-hydroxylation sites is 2. The molecule has 2 heterocycles. The van der Waals surface area contributed by atoms with Crippen LogP contribution in [-0.4, -0.2) is 21.8 Å². The first-order chi connectivity index (χ1) is 13.6. The van der Waals surface area contributed by atoms with E-state index in [4.69, 9.17) is 4.42 Å². The minimum absolute atomic E-state index is 0.224. The molecular weight excluding hydrogens is 356 g/mol. The van der Waals surface area contributed by atoms with Crippen molar-refractivity contribution in [1.82, 2.24) is 15.3 Å². The fourth-order valence-electron chi connectivity index (χ4n) is 2.83. The van der Waals surface area contributed by atoms with Gasteiger partial charge in [0.05, 0.1) is 23.3 Å². The summed E-state index contributed by atoms with van der Waals surface area (Å²) in [6.45, 7) is 1.87. The Labute approximate surface area is 160 Å². The van der Waals surface area contributed by atoms with Crippen LogP contribution in [-0.2, 0) is 0 Å². The Bertz CT molecular complexity index is 1080. The molecule has 2 amide bonds. The van der Waals surface area contributed by atoms with Crippen LogP contribution in [0.25, 0.3) is 11.0 Å². The maximum atomic E-state index is 12.5. The van der Waals surface area contributed by atoms with Gasteiger partial charge in [-0.15, -0.1) is 0 Å². The first-order valence-electron chi connectivity index (χ1n) is 8.80. The van der Waals surface area contributed by atoms with Gasteiger partial charge in [0.2, 0.25) is 0 Å². The minimum atomic E-state index is -0.347. The number of imidazole rings is 1. The standard InChI is InChI=1S/C21H18N4O3/c1-13(19-24-16-5-2-3-6-17(16)25-19)22-20(26)14-8-10-15(11-9-14)23-21(27)18-7-4-12-28-18/h2-13H,1H3,(H,22,26)(H,23,27)(H,24,25)/t13-/m1/s1. The highest BCUT2D eigenvalue weighted by molar-refractivity contribution is 6.02. The Morgan fingerprint density at radius 1 is 1.00 bits per heavy atom. The van der Waals surface area contributed by atoms with Crippen LogP contribution in [0.1, 0.15) is 39.7 Å². The number of nitrogens with zero attached hydrogens (tertiary/aromatic N) is 1. The summed E-state index contributed by atoms with van der Waals surface area (Å²) < 4.78 is 5.05. The van der Waals surface area contributed by atoms with Gasteiger partial charge in [0.1, 0.15) is 5.82 Å². The molecule has 0 aliphatic rings. The molecule has 0 unspecified atom stereocenters. The summed E-state index contributed by atoms with van der Waals surface area (Å²) in [4.78, 5) is 32.2. The zero-order chi connectivity index (χ0) is 19.5. The number of fused-ring (bicyclic) bond motifs is 1. The summed E-state index contributed by atoms with van der Waals surface area (Å²) in [5.41, 5.74) is 2.84. The second-order valence-corrected chi connectivity index (χ2v) is 6.34. The molecule has 140 valence electrons. The van der Waals surface area contributed by atoms with E-state index in [2.05, 4.69) is 20.6 Å². The van der Waals surface area contributed by atoms with Crippen molar-refractivity contribution >= 4 is 28.5 Å². The average molecular weight is 374 g/mol. The summed E-state index contributed by atoms with van der Waals surface area (Å²) in [7, 11) is 0. The maximum Gasteiger partial charge on any atom is 0.291 e. The number of carbonyl (C=O) groups is 2. The van der Waals surface area contributed by atoms with Crippen molar-refractivity contribution in [3.63, 3.8) is 0 Å². The number of anilines is 1. The van der Waals surface area contributed by atoms with E-state index >= 15 is 0 Å². The zero-order valence-corrected chi connectivity index (χ0v) is 15.1. The molecule has 2 aromatic carbocycles. The fourth-order valence-corrected chi connectivity index (χ4v) is 2.83. The lowest BCUT2D eigenvalue weighted by Gasteiger charge is -2.12. The Kier molecular flexibility index (Phi) is 4.63. The number of benzene rings is 2. The van der Waals surface area contributed by atoms with Crippen LogP contribution in [0, 0.1) is 0 Å². The SMILES string of the molecule is C[C@@H](NC(=O)c1ccc(NC(=O)c2ccco2)cc1)c1nc2ccccc2[nH]1. The van der Waals surface area contributed by atoms with Gasteiger partial charge in [-0.05, 0) is 55.5 Å². The van der Waals surface area contributed by atoms with Gasteiger partial charge < -0.3 is 20.0 Å². The predicted molar refractivity (Wildman–Crippen MR) is 105 cm³/mol. The van der Waals surface area contributed by atoms with Crippen molar-refractivity contribution in [3.05, 3.63) is 84.1 Å². The molecule has 0 fully saturated rings. The van der Waals surface area contributed by atoms with Gasteiger partial charge in [-0.25, -0.2) is 4.98 Å². The topological polar surface area (TPSA) is 100 Å². The van der Waals surface area contributed by atoms with Crippen molar-refractivity contribution in [3.8, 4) is 0 Å². The van der Waals surface area contributed by atoms with Crippen molar-refractivity contribution in [2.24, 2.45) is 0 Å². The number of carbonyl (C=O) groups excluding carboxylic acids is 2. The molecule has 7 nitrogen and oxygen atoms in total. The molecule has 0 aliphatic carbocycles. The average Bonchev–Trinajstić information content (AvgIpc) is 3.38. The summed E-state index contributed by atoms with van der Waals surface area (Å²) >= 11 is 0. The number of aromatic nitrogens is 2. The Hall–Kier alpha value is -3.87. The molecule has 4 rings (SSSR count). The minimum Gasteiger partial charge on any atom is -0.459 e. The number of rotatable bonds is 5. The number of aromatic amines is 1. The van der Waals surface area contributed by atoms with Crippen LogP contribution < -0.4 is 10.6 Å². The lowest BCUT2D eigenvalue weighted by molar-refractivity contribution is 0.0937. The number of furan rings is 1. The molecular formula is C21H18N4O3. The summed E-state index contributed by atoms with van der Waals surface area (Å²) in [6.07, 6.45) is 1.44. The molecule has 0 saturated heterocycles. The maximum absolute atomic E-state index is 12.5. The summed E-state index contributed by atoms with van der Waals surface area (Å²) in [5, 5.41) is 5.63. The van der Waals surface area contributed by atoms with Gasteiger partial charge >= 0.3 is 0 Å². The lowest BCUT2D eigenvalue weighted by Crippen LogP contribution is -2.27. The Morgan fingerprint density at radius 2 is 1.79 bits per heavy atom. The van der Waals surface area contributed by atoms with Gasteiger partial charge in [-0.2, -0.15) is 0 Å². The van der Waals surface area contributed by atoms with Crippen LogP contribution in [0.5, 0.6) is 0 Å². The zero-order valence-electron chi connectivity index (χ0n) is 15.1. The van der Waals surface area contributed by atoms with Crippen LogP contribution in [0.4, 0.5) is 5.69 Å². The number of H-pyrrole nitrogens is 1.